The van der Waals surface area contributed by atoms with Gasteiger partial charge in [-0.05, 0) is 25.1 Å². The summed E-state index contributed by atoms with van der Waals surface area (Å²) in [6.07, 6.45) is 3.33. The summed E-state index contributed by atoms with van der Waals surface area (Å²) in [5.41, 5.74) is 1.35. The molecule has 1 aromatic heterocycles. The molecule has 9 heteroatoms. The molecular weight excluding hydrogens is 367 g/mol. The zero-order valence-electron chi connectivity index (χ0n) is 13.7. The van der Waals surface area contributed by atoms with E-state index in [1.807, 2.05) is 0 Å². The number of esters is 1. The molecule has 25 heavy (non-hydrogen) atoms. The molecule has 7 nitrogen and oxygen atoms in total. The molecule has 2 rings (SSSR count). The Morgan fingerprint density at radius 1 is 1.32 bits per heavy atom. The van der Waals surface area contributed by atoms with Crippen LogP contribution in [0.1, 0.15) is 12.6 Å². The van der Waals surface area contributed by atoms with Crippen LogP contribution in [0.3, 0.4) is 0 Å². The van der Waals surface area contributed by atoms with Gasteiger partial charge in [0.1, 0.15) is 12.1 Å². The molecule has 0 fully saturated rings. The summed E-state index contributed by atoms with van der Waals surface area (Å²) in [5.74, 6) is -0.898. The lowest BCUT2D eigenvalue weighted by molar-refractivity contribution is -0.145. The van der Waals surface area contributed by atoms with Gasteiger partial charge in [0.05, 0.1) is 23.5 Å². The van der Waals surface area contributed by atoms with E-state index in [0.29, 0.717) is 21.4 Å². The minimum Gasteiger partial charge on any atom is -0.467 e. The number of hydrogen-bond acceptors (Lipinski definition) is 5. The van der Waals surface area contributed by atoms with Crippen molar-refractivity contribution in [1.82, 2.24) is 15.3 Å². The van der Waals surface area contributed by atoms with Gasteiger partial charge in [0, 0.05) is 24.0 Å². The third-order valence-electron chi connectivity index (χ3n) is 3.48. The van der Waals surface area contributed by atoms with Crippen molar-refractivity contribution in [1.29, 1.82) is 0 Å². The van der Waals surface area contributed by atoms with Crippen LogP contribution in [-0.2, 0) is 20.7 Å². The van der Waals surface area contributed by atoms with Gasteiger partial charge in [-0.2, -0.15) is 0 Å². The minimum atomic E-state index is -0.823. The first-order valence-electron chi connectivity index (χ1n) is 7.47. The largest absolute Gasteiger partial charge is 0.467 e. The average molecular weight is 385 g/mol. The summed E-state index contributed by atoms with van der Waals surface area (Å²) >= 11 is 11.8. The second kappa shape index (κ2) is 8.73. The van der Waals surface area contributed by atoms with E-state index in [0.717, 1.165) is 0 Å². The minimum absolute atomic E-state index is 0.248. The summed E-state index contributed by atoms with van der Waals surface area (Å²) < 4.78 is 4.75. The van der Waals surface area contributed by atoms with Crippen molar-refractivity contribution in [2.45, 2.75) is 25.4 Å². The predicted molar refractivity (Wildman–Crippen MR) is 95.8 cm³/mol. The third kappa shape index (κ3) is 5.37. The zero-order chi connectivity index (χ0) is 18.4. The molecule has 0 radical (unpaired) electrons. The molecule has 0 aliphatic rings. The molecule has 2 aromatic rings. The van der Waals surface area contributed by atoms with Crippen LogP contribution in [0, 0.1) is 0 Å². The Morgan fingerprint density at radius 3 is 2.68 bits per heavy atom. The highest BCUT2D eigenvalue weighted by atomic mass is 35.5. The third-order valence-corrected chi connectivity index (χ3v) is 4.22. The van der Waals surface area contributed by atoms with Crippen LogP contribution in [0.15, 0.2) is 30.7 Å². The monoisotopic (exact) mass is 384 g/mol. The topological polar surface area (TPSA) is 96.1 Å². The molecule has 0 saturated heterocycles. The van der Waals surface area contributed by atoms with E-state index < -0.39 is 18.1 Å². The number of rotatable bonds is 7. The SMILES string of the molecule is COC(=O)[C@H](Cc1cnc[nH]1)NC(=O)C(C)Nc1ccc(Cl)c(Cl)c1. The summed E-state index contributed by atoms with van der Waals surface area (Å²) in [6.45, 7) is 1.67. The van der Waals surface area contributed by atoms with E-state index in [1.54, 1.807) is 31.3 Å². The molecule has 1 aromatic carbocycles. The lowest BCUT2D eigenvalue weighted by Crippen LogP contribution is -2.48. The number of halogens is 2. The van der Waals surface area contributed by atoms with Gasteiger partial charge in [-0.1, -0.05) is 23.2 Å². The Bertz CT molecular complexity index is 737. The summed E-state index contributed by atoms with van der Waals surface area (Å²) in [4.78, 5) is 31.1. The molecular formula is C16H18Cl2N4O3. The quantitative estimate of drug-likeness (QED) is 0.637. The first-order chi connectivity index (χ1) is 11.9. The Labute approximate surface area is 155 Å². The smallest absolute Gasteiger partial charge is 0.328 e. The van der Waals surface area contributed by atoms with E-state index in [-0.39, 0.29) is 12.3 Å². The number of amides is 1. The Morgan fingerprint density at radius 2 is 2.08 bits per heavy atom. The maximum absolute atomic E-state index is 12.4. The molecule has 0 spiro atoms. The van der Waals surface area contributed by atoms with Crippen molar-refractivity contribution in [2.24, 2.45) is 0 Å². The van der Waals surface area contributed by atoms with Crippen LogP contribution in [-0.4, -0.2) is 41.0 Å². The van der Waals surface area contributed by atoms with E-state index >= 15 is 0 Å². The number of carbonyl (C=O) groups is 2. The molecule has 2 atom stereocenters. The van der Waals surface area contributed by atoms with Crippen LogP contribution in [0.4, 0.5) is 5.69 Å². The maximum atomic E-state index is 12.4. The van der Waals surface area contributed by atoms with Crippen LogP contribution < -0.4 is 10.6 Å². The number of H-pyrrole nitrogens is 1. The van der Waals surface area contributed by atoms with Gasteiger partial charge in [-0.15, -0.1) is 0 Å². The molecule has 134 valence electrons. The van der Waals surface area contributed by atoms with Gasteiger partial charge in [-0.3, -0.25) is 4.79 Å². The number of benzene rings is 1. The second-order valence-electron chi connectivity index (χ2n) is 5.36. The number of imidazole rings is 1. The standard InChI is InChI=1S/C16H18Cl2N4O3/c1-9(21-10-3-4-12(17)13(18)5-10)15(23)22-14(16(24)25-2)6-11-7-19-8-20-11/h3-5,7-9,14,21H,6H2,1-2H3,(H,19,20)(H,22,23)/t9?,14-/m0/s1. The van der Waals surface area contributed by atoms with Gasteiger partial charge < -0.3 is 20.4 Å². The highest BCUT2D eigenvalue weighted by Gasteiger charge is 2.25. The number of hydrogen-bond donors (Lipinski definition) is 3. The number of anilines is 1. The number of methoxy groups -OCH3 is 1. The van der Waals surface area contributed by atoms with Crippen molar-refractivity contribution in [3.05, 3.63) is 46.5 Å². The van der Waals surface area contributed by atoms with Crippen molar-refractivity contribution in [3.63, 3.8) is 0 Å². The van der Waals surface area contributed by atoms with Crippen molar-refractivity contribution in [2.75, 3.05) is 12.4 Å². The van der Waals surface area contributed by atoms with Gasteiger partial charge in [-0.25, -0.2) is 9.78 Å². The van der Waals surface area contributed by atoms with Gasteiger partial charge >= 0.3 is 5.97 Å². The van der Waals surface area contributed by atoms with E-state index in [2.05, 4.69) is 20.6 Å². The molecule has 1 unspecified atom stereocenters. The number of ether oxygens (including phenoxy) is 1. The zero-order valence-corrected chi connectivity index (χ0v) is 15.2. The van der Waals surface area contributed by atoms with Crippen molar-refractivity contribution in [3.8, 4) is 0 Å². The Kier molecular flexibility index (Phi) is 6.66. The number of carbonyl (C=O) groups excluding carboxylic acids is 2. The number of aromatic nitrogens is 2. The summed E-state index contributed by atoms with van der Waals surface area (Å²) in [7, 11) is 1.27. The van der Waals surface area contributed by atoms with Crippen LogP contribution >= 0.6 is 23.2 Å². The fraction of sp³-hybridized carbons (Fsp3) is 0.312. The molecule has 0 aliphatic heterocycles. The first-order valence-corrected chi connectivity index (χ1v) is 8.23. The summed E-state index contributed by atoms with van der Waals surface area (Å²) in [5, 5.41) is 6.48. The number of aromatic amines is 1. The molecule has 1 amide bonds. The Hall–Kier alpha value is -2.25. The lowest BCUT2D eigenvalue weighted by Gasteiger charge is -2.20. The lowest BCUT2D eigenvalue weighted by atomic mass is 10.1. The van der Waals surface area contributed by atoms with Crippen LogP contribution in [0.2, 0.25) is 10.0 Å². The highest BCUT2D eigenvalue weighted by molar-refractivity contribution is 6.42. The fourth-order valence-electron chi connectivity index (χ4n) is 2.15. The molecule has 3 N–H and O–H groups in total. The molecule has 1 heterocycles. The number of nitrogens with one attached hydrogen (secondary N) is 3. The van der Waals surface area contributed by atoms with E-state index in [9.17, 15) is 9.59 Å². The van der Waals surface area contributed by atoms with E-state index in [4.69, 9.17) is 27.9 Å². The van der Waals surface area contributed by atoms with E-state index in [1.165, 1.54) is 13.4 Å². The maximum Gasteiger partial charge on any atom is 0.328 e. The molecule has 0 aliphatic carbocycles. The number of nitrogens with zero attached hydrogens (tertiary/aromatic N) is 1. The molecule has 0 bridgehead atoms. The fourth-order valence-corrected chi connectivity index (χ4v) is 2.45. The second-order valence-corrected chi connectivity index (χ2v) is 6.17. The molecule has 0 saturated carbocycles. The van der Waals surface area contributed by atoms with Crippen LogP contribution in [0.25, 0.3) is 0 Å². The van der Waals surface area contributed by atoms with Gasteiger partial charge in [0.15, 0.2) is 0 Å². The van der Waals surface area contributed by atoms with Gasteiger partial charge in [0.2, 0.25) is 5.91 Å². The van der Waals surface area contributed by atoms with Crippen molar-refractivity contribution >= 4 is 40.8 Å². The van der Waals surface area contributed by atoms with Crippen LogP contribution in [0.5, 0.6) is 0 Å². The normalized spacial score (nSPS) is 13.0. The first kappa shape index (κ1) is 19.1. The predicted octanol–water partition coefficient (Wildman–Crippen LogP) is 2.42. The Balaban J connectivity index is 2.00. The summed E-state index contributed by atoms with van der Waals surface area (Å²) in [6, 6.07) is 3.53. The average Bonchev–Trinajstić information content (AvgIpc) is 3.09. The van der Waals surface area contributed by atoms with Gasteiger partial charge in [0.25, 0.3) is 0 Å². The highest BCUT2D eigenvalue weighted by Crippen LogP contribution is 2.25. The van der Waals surface area contributed by atoms with Crippen molar-refractivity contribution < 1.29 is 14.3 Å².